The molecule has 0 unspecified atom stereocenters. The Kier molecular flexibility index (Phi) is 7.99. The van der Waals surface area contributed by atoms with Crippen LogP contribution in [0.1, 0.15) is 11.1 Å². The number of halogens is 2. The second kappa shape index (κ2) is 11.4. The summed E-state index contributed by atoms with van der Waals surface area (Å²) in [4.78, 5) is 51.5. The first-order valence-electron chi connectivity index (χ1n) is 11.2. The molecule has 0 spiro atoms. The van der Waals surface area contributed by atoms with Crippen molar-refractivity contribution >= 4 is 64.4 Å². The second-order valence-electron chi connectivity index (χ2n) is 8.08. The Balaban J connectivity index is 1.59. The maximum absolute atomic E-state index is 13.2. The number of ether oxygens (including phenoxy) is 2. The van der Waals surface area contributed by atoms with E-state index in [0.29, 0.717) is 21.8 Å². The monoisotopic (exact) mass is 553 g/mol. The van der Waals surface area contributed by atoms with Crippen LogP contribution in [0.5, 0.6) is 11.5 Å². The number of para-hydroxylation sites is 1. The van der Waals surface area contributed by atoms with E-state index < -0.39 is 23.8 Å². The molecule has 1 heterocycles. The first-order chi connectivity index (χ1) is 18.2. The minimum atomic E-state index is -0.893. The largest absolute Gasteiger partial charge is 0.493 e. The first-order valence-corrected chi connectivity index (χ1v) is 12.0. The molecule has 0 bridgehead atoms. The van der Waals surface area contributed by atoms with E-state index in [1.165, 1.54) is 25.3 Å². The van der Waals surface area contributed by atoms with E-state index in [4.69, 9.17) is 32.7 Å². The molecule has 2 N–H and O–H groups in total. The van der Waals surface area contributed by atoms with E-state index in [1.54, 1.807) is 49.4 Å². The van der Waals surface area contributed by atoms with Gasteiger partial charge in [-0.05, 0) is 60.5 Å². The van der Waals surface area contributed by atoms with Gasteiger partial charge in [0.15, 0.2) is 18.1 Å². The summed E-state index contributed by atoms with van der Waals surface area (Å²) < 4.78 is 11.0. The third-order valence-corrected chi connectivity index (χ3v) is 6.24. The molecule has 1 aliphatic heterocycles. The SMILES string of the molecule is COc1cc(/C=C2\C(=O)NC(=O)N(c3cccc(Cl)c3C)C2=O)cc(Cl)c1OCC(=O)Nc1ccccc1. The minimum absolute atomic E-state index is 0.0750. The highest BCUT2D eigenvalue weighted by Crippen LogP contribution is 2.37. The summed E-state index contributed by atoms with van der Waals surface area (Å²) in [7, 11) is 1.38. The second-order valence-corrected chi connectivity index (χ2v) is 8.89. The van der Waals surface area contributed by atoms with Crippen LogP contribution >= 0.6 is 23.2 Å². The molecule has 5 amide bonds. The fraction of sp³-hybridized carbons (Fsp3) is 0.111. The molecule has 11 heteroatoms. The lowest BCUT2D eigenvalue weighted by Gasteiger charge is -2.27. The molecule has 38 heavy (non-hydrogen) atoms. The van der Waals surface area contributed by atoms with Crippen LogP contribution in [0, 0.1) is 6.92 Å². The van der Waals surface area contributed by atoms with Gasteiger partial charge in [0.2, 0.25) is 0 Å². The van der Waals surface area contributed by atoms with Gasteiger partial charge in [0.25, 0.3) is 17.7 Å². The fourth-order valence-corrected chi connectivity index (χ4v) is 4.14. The normalized spacial score (nSPS) is 14.4. The van der Waals surface area contributed by atoms with E-state index in [1.807, 2.05) is 6.07 Å². The highest BCUT2D eigenvalue weighted by molar-refractivity contribution is 6.40. The van der Waals surface area contributed by atoms with Crippen molar-refractivity contribution in [1.82, 2.24) is 5.32 Å². The van der Waals surface area contributed by atoms with Crippen LogP contribution in [0.3, 0.4) is 0 Å². The molecule has 3 aromatic rings. The van der Waals surface area contributed by atoms with Crippen LogP contribution < -0.4 is 25.0 Å². The standard InChI is InChI=1S/C27H21Cl2N3O6/c1-15-19(28)9-6-10-21(15)32-26(35)18(25(34)31-27(32)36)11-16-12-20(29)24(22(13-16)37-2)38-14-23(33)30-17-7-4-3-5-8-17/h3-13H,14H2,1-2H3,(H,30,33)(H,31,34,36)/b18-11+. The summed E-state index contributed by atoms with van der Waals surface area (Å²) in [6.07, 6.45) is 1.28. The number of benzene rings is 3. The van der Waals surface area contributed by atoms with Crippen LogP contribution in [0.25, 0.3) is 6.08 Å². The van der Waals surface area contributed by atoms with Gasteiger partial charge in [-0.1, -0.05) is 47.5 Å². The van der Waals surface area contributed by atoms with Crippen LogP contribution in [0.2, 0.25) is 10.0 Å². The molecule has 194 valence electrons. The van der Waals surface area contributed by atoms with E-state index in [2.05, 4.69) is 10.6 Å². The number of amides is 5. The molecule has 0 atom stereocenters. The van der Waals surface area contributed by atoms with Crippen molar-refractivity contribution < 1.29 is 28.7 Å². The van der Waals surface area contributed by atoms with E-state index in [9.17, 15) is 19.2 Å². The number of nitrogens with zero attached hydrogens (tertiary/aromatic N) is 1. The smallest absolute Gasteiger partial charge is 0.335 e. The van der Waals surface area contributed by atoms with E-state index >= 15 is 0 Å². The van der Waals surface area contributed by atoms with Gasteiger partial charge in [-0.15, -0.1) is 0 Å². The molecule has 0 saturated carbocycles. The van der Waals surface area contributed by atoms with Crippen molar-refractivity contribution in [3.63, 3.8) is 0 Å². The van der Waals surface area contributed by atoms with Crippen molar-refractivity contribution in [3.05, 3.63) is 87.4 Å². The van der Waals surface area contributed by atoms with Gasteiger partial charge in [-0.25, -0.2) is 9.69 Å². The zero-order chi connectivity index (χ0) is 27.4. The highest BCUT2D eigenvalue weighted by atomic mass is 35.5. The Morgan fingerprint density at radius 1 is 1.03 bits per heavy atom. The van der Waals surface area contributed by atoms with Gasteiger partial charge in [-0.3, -0.25) is 19.7 Å². The number of anilines is 2. The number of barbiturate groups is 1. The van der Waals surface area contributed by atoms with Gasteiger partial charge >= 0.3 is 6.03 Å². The van der Waals surface area contributed by atoms with Crippen LogP contribution in [0.15, 0.2) is 66.2 Å². The molecule has 4 rings (SSSR count). The summed E-state index contributed by atoms with van der Waals surface area (Å²) >= 11 is 12.6. The van der Waals surface area contributed by atoms with Crippen molar-refractivity contribution in [3.8, 4) is 11.5 Å². The van der Waals surface area contributed by atoms with Crippen molar-refractivity contribution in [2.75, 3.05) is 23.9 Å². The molecular formula is C27H21Cl2N3O6. The zero-order valence-corrected chi connectivity index (χ0v) is 21.7. The van der Waals surface area contributed by atoms with E-state index in [0.717, 1.165) is 4.90 Å². The molecule has 9 nitrogen and oxygen atoms in total. The molecule has 3 aromatic carbocycles. The summed E-state index contributed by atoms with van der Waals surface area (Å²) in [6, 6.07) is 15.7. The van der Waals surface area contributed by atoms with Crippen molar-refractivity contribution in [2.45, 2.75) is 6.92 Å². The Morgan fingerprint density at radius 2 is 1.76 bits per heavy atom. The Morgan fingerprint density at radius 3 is 2.47 bits per heavy atom. The van der Waals surface area contributed by atoms with Gasteiger partial charge in [0.1, 0.15) is 5.57 Å². The Labute approximate surface area is 227 Å². The number of hydrogen-bond donors (Lipinski definition) is 2. The zero-order valence-electron chi connectivity index (χ0n) is 20.2. The molecule has 1 aliphatic rings. The predicted octanol–water partition coefficient (Wildman–Crippen LogP) is 4.99. The van der Waals surface area contributed by atoms with Gasteiger partial charge in [0, 0.05) is 10.7 Å². The average molecular weight is 554 g/mol. The summed E-state index contributed by atoms with van der Waals surface area (Å²) in [5.41, 5.74) is 1.36. The molecule has 0 aromatic heterocycles. The third-order valence-electron chi connectivity index (χ3n) is 5.55. The molecule has 1 fully saturated rings. The van der Waals surface area contributed by atoms with Gasteiger partial charge in [-0.2, -0.15) is 0 Å². The first kappa shape index (κ1) is 26.7. The number of nitrogens with one attached hydrogen (secondary N) is 2. The number of hydrogen-bond acceptors (Lipinski definition) is 6. The average Bonchev–Trinajstić information content (AvgIpc) is 2.88. The quantitative estimate of drug-likeness (QED) is 0.314. The van der Waals surface area contributed by atoms with Crippen molar-refractivity contribution in [2.24, 2.45) is 0 Å². The maximum Gasteiger partial charge on any atom is 0.335 e. The summed E-state index contributed by atoms with van der Waals surface area (Å²) in [6.45, 7) is 1.31. The van der Waals surface area contributed by atoms with Crippen LogP contribution in [0.4, 0.5) is 16.2 Å². The molecule has 0 radical (unpaired) electrons. The number of methoxy groups -OCH3 is 1. The fourth-order valence-electron chi connectivity index (χ4n) is 3.70. The van der Waals surface area contributed by atoms with Crippen LogP contribution in [-0.2, 0) is 14.4 Å². The van der Waals surface area contributed by atoms with Gasteiger partial charge in [0.05, 0.1) is 17.8 Å². The number of imide groups is 2. The minimum Gasteiger partial charge on any atom is -0.493 e. The predicted molar refractivity (Wildman–Crippen MR) is 144 cm³/mol. The van der Waals surface area contributed by atoms with Crippen LogP contribution in [-0.4, -0.2) is 37.5 Å². The lowest BCUT2D eigenvalue weighted by Crippen LogP contribution is -2.54. The van der Waals surface area contributed by atoms with Gasteiger partial charge < -0.3 is 14.8 Å². The summed E-state index contributed by atoms with van der Waals surface area (Å²) in [5, 5.41) is 5.29. The number of carbonyl (C=O) groups is 4. The number of carbonyl (C=O) groups excluding carboxylic acids is 4. The van der Waals surface area contributed by atoms with E-state index in [-0.39, 0.29) is 34.4 Å². The third kappa shape index (κ3) is 5.64. The topological polar surface area (TPSA) is 114 Å². The number of rotatable bonds is 7. The summed E-state index contributed by atoms with van der Waals surface area (Å²) in [5.74, 6) is -1.85. The number of urea groups is 1. The molecule has 0 aliphatic carbocycles. The lowest BCUT2D eigenvalue weighted by molar-refractivity contribution is -0.122. The van der Waals surface area contributed by atoms with Crippen molar-refractivity contribution in [1.29, 1.82) is 0 Å². The lowest BCUT2D eigenvalue weighted by atomic mass is 10.1. The Hall–Kier alpha value is -4.34. The maximum atomic E-state index is 13.2. The molecule has 1 saturated heterocycles. The molecular weight excluding hydrogens is 533 g/mol. The highest BCUT2D eigenvalue weighted by Gasteiger charge is 2.37. The Bertz CT molecular complexity index is 1470.